The molecule has 0 unspecified atom stereocenters. The Morgan fingerprint density at radius 2 is 1.97 bits per heavy atom. The summed E-state index contributed by atoms with van der Waals surface area (Å²) in [6, 6.07) is 19.1. The third kappa shape index (κ3) is 4.45. The second kappa shape index (κ2) is 9.05. The number of amides is 1. The molecule has 174 valence electrons. The second-order valence-electron chi connectivity index (χ2n) is 8.63. The van der Waals surface area contributed by atoms with Gasteiger partial charge in [-0.05, 0) is 53.6 Å². The molecule has 0 saturated carbocycles. The van der Waals surface area contributed by atoms with E-state index in [1.165, 1.54) is 0 Å². The fraction of sp³-hybridized carbons (Fsp3) is 0.148. The van der Waals surface area contributed by atoms with Gasteiger partial charge in [-0.1, -0.05) is 18.2 Å². The average molecular weight is 484 g/mol. The summed E-state index contributed by atoms with van der Waals surface area (Å²) in [6.45, 7) is 2.27. The zero-order chi connectivity index (χ0) is 23.8. The Morgan fingerprint density at radius 1 is 1.03 bits per heavy atom. The van der Waals surface area contributed by atoms with Crippen LogP contribution in [0.2, 0.25) is 0 Å². The quantitative estimate of drug-likeness (QED) is 0.354. The number of piperazine rings is 1. The van der Waals surface area contributed by atoms with Crippen molar-refractivity contribution in [1.82, 2.24) is 20.2 Å². The summed E-state index contributed by atoms with van der Waals surface area (Å²) >= 11 is 1.61. The van der Waals surface area contributed by atoms with Crippen LogP contribution in [-0.4, -0.2) is 40.4 Å². The molecule has 1 aliphatic heterocycles. The molecule has 0 bridgehead atoms. The fourth-order valence-corrected chi connectivity index (χ4v) is 5.15. The maximum absolute atomic E-state index is 15.2. The van der Waals surface area contributed by atoms with Crippen LogP contribution in [0.5, 0.6) is 0 Å². The maximum atomic E-state index is 15.2. The number of benzene rings is 3. The number of hydrogen-bond acceptors (Lipinski definition) is 6. The highest BCUT2D eigenvalue weighted by Crippen LogP contribution is 2.32. The Labute approximate surface area is 205 Å². The molecule has 6 rings (SSSR count). The third-order valence-corrected chi connectivity index (χ3v) is 7.03. The van der Waals surface area contributed by atoms with Crippen LogP contribution in [0.3, 0.4) is 0 Å². The average Bonchev–Trinajstić information content (AvgIpc) is 3.32. The summed E-state index contributed by atoms with van der Waals surface area (Å²) in [7, 11) is 0. The molecule has 6 nitrogen and oxygen atoms in total. The van der Waals surface area contributed by atoms with Crippen LogP contribution in [0.1, 0.15) is 5.56 Å². The van der Waals surface area contributed by atoms with Crippen molar-refractivity contribution in [1.29, 1.82) is 0 Å². The number of hydrogen-bond donors (Lipinski definition) is 2. The molecule has 0 spiro atoms. The molecular formula is C27H22FN5OS. The first-order chi connectivity index (χ1) is 17.1. The van der Waals surface area contributed by atoms with Gasteiger partial charge in [0.2, 0.25) is 5.91 Å². The van der Waals surface area contributed by atoms with Crippen molar-refractivity contribution in [3.8, 4) is 11.1 Å². The van der Waals surface area contributed by atoms with Crippen LogP contribution in [0.15, 0.2) is 72.4 Å². The minimum Gasteiger partial charge on any atom is -0.355 e. The standard InChI is InChI=1S/C27H22FN5OS/c28-22-11-17(14-33-10-9-30-27(34)15-33)1-4-20(22)18-2-5-23-21(12-18)24(7-8-29-23)32-19-3-6-26-25(13-19)31-16-35-26/h1-8,11-13,16H,9-10,14-15H2,(H,29,32)(H,30,34). The highest BCUT2D eigenvalue weighted by molar-refractivity contribution is 7.16. The monoisotopic (exact) mass is 483 g/mol. The molecular weight excluding hydrogens is 461 g/mol. The van der Waals surface area contributed by atoms with Crippen molar-refractivity contribution in [3.05, 3.63) is 83.8 Å². The maximum Gasteiger partial charge on any atom is 0.234 e. The summed E-state index contributed by atoms with van der Waals surface area (Å²) < 4.78 is 16.3. The molecule has 3 aromatic carbocycles. The molecule has 1 saturated heterocycles. The van der Waals surface area contributed by atoms with Gasteiger partial charge in [0.25, 0.3) is 0 Å². The molecule has 3 heterocycles. The Morgan fingerprint density at radius 3 is 2.86 bits per heavy atom. The first-order valence-corrected chi connectivity index (χ1v) is 12.3. The highest BCUT2D eigenvalue weighted by atomic mass is 32.1. The van der Waals surface area contributed by atoms with Gasteiger partial charge in [-0.25, -0.2) is 9.37 Å². The Bertz CT molecular complexity index is 1570. The first kappa shape index (κ1) is 21.6. The summed E-state index contributed by atoms with van der Waals surface area (Å²) in [5, 5.41) is 7.19. The van der Waals surface area contributed by atoms with Gasteiger partial charge in [-0.2, -0.15) is 0 Å². The van der Waals surface area contributed by atoms with Crippen LogP contribution < -0.4 is 10.6 Å². The number of thiazole rings is 1. The second-order valence-corrected chi connectivity index (χ2v) is 9.51. The molecule has 8 heteroatoms. The number of carbonyl (C=O) groups excluding carboxylic acids is 1. The van der Waals surface area contributed by atoms with E-state index in [-0.39, 0.29) is 11.7 Å². The molecule has 1 amide bonds. The molecule has 35 heavy (non-hydrogen) atoms. The van der Waals surface area contributed by atoms with Crippen molar-refractivity contribution < 1.29 is 9.18 Å². The molecule has 2 N–H and O–H groups in total. The smallest absolute Gasteiger partial charge is 0.234 e. The molecule has 1 fully saturated rings. The zero-order valence-corrected chi connectivity index (χ0v) is 19.6. The van der Waals surface area contributed by atoms with E-state index in [1.807, 2.05) is 58.9 Å². The number of anilines is 2. The van der Waals surface area contributed by atoms with Gasteiger partial charge < -0.3 is 10.6 Å². The Kier molecular flexibility index (Phi) is 5.60. The van der Waals surface area contributed by atoms with Gasteiger partial charge in [0.1, 0.15) is 5.82 Å². The number of nitrogens with one attached hydrogen (secondary N) is 2. The summed E-state index contributed by atoms with van der Waals surface area (Å²) in [5.74, 6) is -0.273. The molecule has 0 radical (unpaired) electrons. The van der Waals surface area contributed by atoms with Gasteiger partial charge in [0.15, 0.2) is 0 Å². The molecule has 0 atom stereocenters. The van der Waals surface area contributed by atoms with Gasteiger partial charge in [0.05, 0.1) is 27.8 Å². The van der Waals surface area contributed by atoms with E-state index in [2.05, 4.69) is 26.7 Å². The number of nitrogens with zero attached hydrogens (tertiary/aromatic N) is 3. The van der Waals surface area contributed by atoms with E-state index in [4.69, 9.17) is 0 Å². The number of aromatic nitrogens is 2. The van der Waals surface area contributed by atoms with Gasteiger partial charge >= 0.3 is 0 Å². The summed E-state index contributed by atoms with van der Waals surface area (Å²) in [5.41, 5.74) is 7.61. The van der Waals surface area contributed by atoms with Crippen molar-refractivity contribution in [3.63, 3.8) is 0 Å². The number of fused-ring (bicyclic) bond motifs is 2. The lowest BCUT2D eigenvalue weighted by molar-refractivity contribution is -0.124. The summed E-state index contributed by atoms with van der Waals surface area (Å²) in [4.78, 5) is 22.5. The molecule has 5 aromatic rings. The first-order valence-electron chi connectivity index (χ1n) is 11.4. The largest absolute Gasteiger partial charge is 0.355 e. The number of carbonyl (C=O) groups is 1. The minimum atomic E-state index is -0.282. The summed E-state index contributed by atoms with van der Waals surface area (Å²) in [6.07, 6.45) is 1.77. The van der Waals surface area contributed by atoms with Crippen LogP contribution >= 0.6 is 11.3 Å². The highest BCUT2D eigenvalue weighted by Gasteiger charge is 2.17. The van der Waals surface area contributed by atoms with Gasteiger partial charge in [0, 0.05) is 48.2 Å². The van der Waals surface area contributed by atoms with E-state index >= 15 is 4.39 Å². The van der Waals surface area contributed by atoms with Crippen LogP contribution in [-0.2, 0) is 11.3 Å². The van der Waals surface area contributed by atoms with Gasteiger partial charge in [-0.15, -0.1) is 11.3 Å². The van der Waals surface area contributed by atoms with E-state index < -0.39 is 0 Å². The van der Waals surface area contributed by atoms with Crippen LogP contribution in [0.4, 0.5) is 15.8 Å². The lowest BCUT2D eigenvalue weighted by Crippen LogP contribution is -2.47. The molecule has 2 aromatic heterocycles. The van der Waals surface area contributed by atoms with Crippen LogP contribution in [0.25, 0.3) is 32.2 Å². The predicted molar refractivity (Wildman–Crippen MR) is 138 cm³/mol. The fourth-order valence-electron chi connectivity index (χ4n) is 4.49. The minimum absolute atomic E-state index is 0.00836. The number of rotatable bonds is 5. The van der Waals surface area contributed by atoms with E-state index in [0.717, 1.165) is 50.2 Å². The Balaban J connectivity index is 1.30. The van der Waals surface area contributed by atoms with E-state index in [0.29, 0.717) is 25.2 Å². The van der Waals surface area contributed by atoms with Crippen molar-refractivity contribution in [2.75, 3.05) is 25.0 Å². The number of halogens is 1. The lowest BCUT2D eigenvalue weighted by Gasteiger charge is -2.26. The van der Waals surface area contributed by atoms with Crippen LogP contribution in [0, 0.1) is 5.82 Å². The normalized spacial score (nSPS) is 14.4. The van der Waals surface area contributed by atoms with E-state index in [1.54, 1.807) is 23.6 Å². The number of pyridine rings is 1. The SMILES string of the molecule is O=C1CN(Cc2ccc(-c3ccc4nccc(Nc5ccc6scnc6c5)c4c3)c(F)c2)CCN1. The molecule has 1 aliphatic rings. The zero-order valence-electron chi connectivity index (χ0n) is 18.8. The predicted octanol–water partition coefficient (Wildman–Crippen LogP) is 5.33. The topological polar surface area (TPSA) is 70.2 Å². The van der Waals surface area contributed by atoms with E-state index in [9.17, 15) is 4.79 Å². The lowest BCUT2D eigenvalue weighted by atomic mass is 10.0. The van der Waals surface area contributed by atoms with Crippen molar-refractivity contribution in [2.45, 2.75) is 6.54 Å². The van der Waals surface area contributed by atoms with Crippen molar-refractivity contribution >= 4 is 49.7 Å². The van der Waals surface area contributed by atoms with Gasteiger partial charge in [-0.3, -0.25) is 14.7 Å². The molecule has 0 aliphatic carbocycles. The third-order valence-electron chi connectivity index (χ3n) is 6.22. The Hall–Kier alpha value is -3.88. The van der Waals surface area contributed by atoms with Crippen molar-refractivity contribution in [2.24, 2.45) is 0 Å².